The third kappa shape index (κ3) is 3.22. The second kappa shape index (κ2) is 6.77. The molecule has 1 atom stereocenters. The van der Waals surface area contributed by atoms with Gasteiger partial charge in [-0.25, -0.2) is 4.98 Å². The van der Waals surface area contributed by atoms with E-state index in [0.29, 0.717) is 19.8 Å². The van der Waals surface area contributed by atoms with Gasteiger partial charge in [0.2, 0.25) is 0 Å². The lowest BCUT2D eigenvalue weighted by molar-refractivity contribution is 0.0387. The number of rotatable bonds is 4. The van der Waals surface area contributed by atoms with Crippen molar-refractivity contribution in [3.05, 3.63) is 52.6 Å². The van der Waals surface area contributed by atoms with E-state index in [1.54, 1.807) is 0 Å². The predicted octanol–water partition coefficient (Wildman–Crippen LogP) is 2.64. The Labute approximate surface area is 143 Å². The maximum atomic E-state index is 13.1. The molecule has 5 nitrogen and oxygen atoms in total. The van der Waals surface area contributed by atoms with Gasteiger partial charge in [0.05, 0.1) is 31.2 Å². The first kappa shape index (κ1) is 16.7. The molecule has 0 N–H and O–H groups in total. The molecule has 2 heterocycles. The smallest absolute Gasteiger partial charge is 0.254 e. The fourth-order valence-corrected chi connectivity index (χ4v) is 3.43. The number of carbonyl (C=O) groups excluding carboxylic acids is 1. The Morgan fingerprint density at radius 2 is 2.00 bits per heavy atom. The fraction of sp³-hybridized carbons (Fsp3) is 0.474. The number of carbonyl (C=O) groups is 1. The molecule has 0 saturated heterocycles. The van der Waals surface area contributed by atoms with Crippen molar-refractivity contribution in [1.29, 1.82) is 0 Å². The lowest BCUT2D eigenvalue weighted by Crippen LogP contribution is -2.47. The maximum absolute atomic E-state index is 13.1. The molecule has 1 aromatic heterocycles. The molecule has 128 valence electrons. The third-order valence-electron chi connectivity index (χ3n) is 4.58. The van der Waals surface area contributed by atoms with E-state index in [-0.39, 0.29) is 11.9 Å². The van der Waals surface area contributed by atoms with Gasteiger partial charge in [0.1, 0.15) is 0 Å². The van der Waals surface area contributed by atoms with Crippen molar-refractivity contribution < 1.29 is 9.53 Å². The summed E-state index contributed by atoms with van der Waals surface area (Å²) in [5.41, 5.74) is 5.14. The zero-order valence-corrected chi connectivity index (χ0v) is 14.9. The van der Waals surface area contributed by atoms with Gasteiger partial charge in [-0.3, -0.25) is 4.79 Å². The van der Waals surface area contributed by atoms with Crippen LogP contribution in [0.3, 0.4) is 0 Å². The molecule has 1 aliphatic rings. The van der Waals surface area contributed by atoms with Crippen LogP contribution >= 0.6 is 0 Å². The highest BCUT2D eigenvalue weighted by molar-refractivity contribution is 5.95. The van der Waals surface area contributed by atoms with E-state index in [0.717, 1.165) is 28.8 Å². The van der Waals surface area contributed by atoms with Crippen LogP contribution < -0.4 is 0 Å². The highest BCUT2D eigenvalue weighted by Crippen LogP contribution is 2.25. The van der Waals surface area contributed by atoms with E-state index >= 15 is 0 Å². The van der Waals surface area contributed by atoms with Gasteiger partial charge in [-0.15, -0.1) is 0 Å². The van der Waals surface area contributed by atoms with Crippen LogP contribution in [-0.2, 0) is 24.8 Å². The molecule has 3 rings (SSSR count). The van der Waals surface area contributed by atoms with Gasteiger partial charge in [0.25, 0.3) is 5.91 Å². The van der Waals surface area contributed by atoms with Gasteiger partial charge in [-0.05, 0) is 32.9 Å². The van der Waals surface area contributed by atoms with Crippen LogP contribution in [0.4, 0.5) is 0 Å². The first-order valence-electron chi connectivity index (χ1n) is 8.45. The molecule has 1 aliphatic heterocycles. The zero-order chi connectivity index (χ0) is 17.3. The van der Waals surface area contributed by atoms with Crippen LogP contribution in [0.1, 0.15) is 39.8 Å². The van der Waals surface area contributed by atoms with Crippen LogP contribution in [-0.4, -0.2) is 39.6 Å². The van der Waals surface area contributed by atoms with E-state index in [1.165, 1.54) is 5.69 Å². The first-order chi connectivity index (χ1) is 11.5. The highest BCUT2D eigenvalue weighted by atomic mass is 16.5. The molecule has 0 spiro atoms. The predicted molar refractivity (Wildman–Crippen MR) is 93.0 cm³/mol. The number of hydrogen-bond donors (Lipinski definition) is 0. The van der Waals surface area contributed by atoms with Gasteiger partial charge in [0.15, 0.2) is 0 Å². The minimum atomic E-state index is 0.0427. The van der Waals surface area contributed by atoms with Gasteiger partial charge in [-0.2, -0.15) is 0 Å². The van der Waals surface area contributed by atoms with Crippen molar-refractivity contribution >= 4 is 5.91 Å². The number of hydrogen-bond acceptors (Lipinski definition) is 3. The van der Waals surface area contributed by atoms with Crippen molar-refractivity contribution in [3.8, 4) is 0 Å². The molecule has 2 aromatic rings. The summed E-state index contributed by atoms with van der Waals surface area (Å²) in [7, 11) is 2.00. The molecule has 5 heteroatoms. The standard InChI is InChI=1S/C19H25N3O2/c1-5-24-11-16-9-18-17(20-12-21(18)4)10-22(16)19(23)15-7-13(2)6-14(3)8-15/h6-8,12,16H,5,9-11H2,1-4H3. The largest absolute Gasteiger partial charge is 0.380 e. The van der Waals surface area contributed by atoms with E-state index in [4.69, 9.17) is 4.74 Å². The maximum Gasteiger partial charge on any atom is 0.254 e. The Morgan fingerprint density at radius 1 is 1.29 bits per heavy atom. The van der Waals surface area contributed by atoms with Crippen LogP contribution in [0.5, 0.6) is 0 Å². The van der Waals surface area contributed by atoms with Gasteiger partial charge in [-0.1, -0.05) is 17.2 Å². The second-order valence-electron chi connectivity index (χ2n) is 6.58. The third-order valence-corrected chi connectivity index (χ3v) is 4.58. The van der Waals surface area contributed by atoms with Crippen molar-refractivity contribution in [1.82, 2.24) is 14.5 Å². The monoisotopic (exact) mass is 327 g/mol. The molecule has 0 radical (unpaired) electrons. The van der Waals surface area contributed by atoms with Crippen molar-refractivity contribution in [3.63, 3.8) is 0 Å². The number of amides is 1. The molecule has 0 saturated carbocycles. The number of nitrogens with zero attached hydrogens (tertiary/aromatic N) is 3. The van der Waals surface area contributed by atoms with Gasteiger partial charge >= 0.3 is 0 Å². The summed E-state index contributed by atoms with van der Waals surface area (Å²) in [5.74, 6) is 0.0582. The summed E-state index contributed by atoms with van der Waals surface area (Å²) < 4.78 is 7.69. The summed E-state index contributed by atoms with van der Waals surface area (Å²) in [4.78, 5) is 19.5. The van der Waals surface area contributed by atoms with Crippen molar-refractivity contribution in [2.24, 2.45) is 7.05 Å². The molecular weight excluding hydrogens is 302 g/mol. The number of imidazole rings is 1. The summed E-state index contributed by atoms with van der Waals surface area (Å²) in [6.07, 6.45) is 2.61. The van der Waals surface area contributed by atoms with Gasteiger partial charge < -0.3 is 14.2 Å². The summed E-state index contributed by atoms with van der Waals surface area (Å²) >= 11 is 0. The number of aromatic nitrogens is 2. The average molecular weight is 327 g/mol. The summed E-state index contributed by atoms with van der Waals surface area (Å²) in [5, 5.41) is 0. The molecule has 0 aliphatic carbocycles. The first-order valence-corrected chi connectivity index (χ1v) is 8.45. The Balaban J connectivity index is 1.92. The van der Waals surface area contributed by atoms with Gasteiger partial charge in [0, 0.05) is 31.3 Å². The Kier molecular flexibility index (Phi) is 4.71. The molecule has 1 aromatic carbocycles. The number of fused-ring (bicyclic) bond motifs is 1. The lowest BCUT2D eigenvalue weighted by atomic mass is 10.00. The summed E-state index contributed by atoms with van der Waals surface area (Å²) in [6, 6.07) is 6.05. The molecule has 0 bridgehead atoms. The number of benzene rings is 1. The van der Waals surface area contributed by atoms with E-state index < -0.39 is 0 Å². The zero-order valence-electron chi connectivity index (χ0n) is 14.9. The van der Waals surface area contributed by atoms with Crippen molar-refractivity contribution in [2.45, 2.75) is 39.8 Å². The highest BCUT2D eigenvalue weighted by Gasteiger charge is 2.32. The molecule has 1 amide bonds. The number of aryl methyl sites for hydroxylation is 3. The average Bonchev–Trinajstić information content (AvgIpc) is 2.91. The normalized spacial score (nSPS) is 17.0. The fourth-order valence-electron chi connectivity index (χ4n) is 3.43. The molecule has 0 fully saturated rings. The summed E-state index contributed by atoms with van der Waals surface area (Å²) in [6.45, 7) is 7.77. The van der Waals surface area contributed by atoms with E-state index in [9.17, 15) is 4.79 Å². The number of ether oxygens (including phenoxy) is 1. The molecule has 24 heavy (non-hydrogen) atoms. The molecule has 1 unspecified atom stereocenters. The minimum Gasteiger partial charge on any atom is -0.380 e. The second-order valence-corrected chi connectivity index (χ2v) is 6.58. The van der Waals surface area contributed by atoms with Crippen LogP contribution in [0, 0.1) is 13.8 Å². The Hall–Kier alpha value is -2.14. The lowest BCUT2D eigenvalue weighted by Gasteiger charge is -2.35. The quantitative estimate of drug-likeness (QED) is 0.867. The Bertz CT molecular complexity index is 731. The topological polar surface area (TPSA) is 47.4 Å². The van der Waals surface area contributed by atoms with Crippen LogP contribution in [0.25, 0.3) is 0 Å². The van der Waals surface area contributed by atoms with Crippen LogP contribution in [0.2, 0.25) is 0 Å². The van der Waals surface area contributed by atoms with E-state index in [2.05, 4.69) is 11.1 Å². The van der Waals surface area contributed by atoms with E-state index in [1.807, 2.05) is 55.7 Å². The molecular formula is C19H25N3O2. The Morgan fingerprint density at radius 3 is 2.67 bits per heavy atom. The van der Waals surface area contributed by atoms with Crippen LogP contribution in [0.15, 0.2) is 24.5 Å². The van der Waals surface area contributed by atoms with Crippen molar-refractivity contribution in [2.75, 3.05) is 13.2 Å². The SMILES string of the molecule is CCOCC1Cc2c(ncn2C)CN1C(=O)c1cc(C)cc(C)c1. The minimum absolute atomic E-state index is 0.0427.